The van der Waals surface area contributed by atoms with E-state index in [1.54, 1.807) is 42.5 Å². The Bertz CT molecular complexity index is 1150. The molecule has 0 radical (unpaired) electrons. The lowest BCUT2D eigenvalue weighted by Gasteiger charge is -2.32. The van der Waals surface area contributed by atoms with Gasteiger partial charge in [-0.2, -0.15) is 0 Å². The average molecular weight is 548 g/mol. The van der Waals surface area contributed by atoms with Gasteiger partial charge in [-0.05, 0) is 49.2 Å². The summed E-state index contributed by atoms with van der Waals surface area (Å²) in [4.78, 5) is 28.6. The summed E-state index contributed by atoms with van der Waals surface area (Å²) in [7, 11) is 0. The summed E-state index contributed by atoms with van der Waals surface area (Å²) < 4.78 is 5.74. The number of nitrogens with one attached hydrogen (secondary N) is 1. The van der Waals surface area contributed by atoms with Crippen molar-refractivity contribution in [1.29, 1.82) is 0 Å². The molecular weight excluding hydrogens is 519 g/mol. The van der Waals surface area contributed by atoms with Crippen LogP contribution in [0.5, 0.6) is 5.75 Å². The highest BCUT2D eigenvalue weighted by atomic mass is 35.5. The first kappa shape index (κ1) is 27.9. The lowest BCUT2D eigenvalue weighted by Crippen LogP contribution is -2.53. The van der Waals surface area contributed by atoms with Gasteiger partial charge in [-0.15, -0.1) is 0 Å². The summed E-state index contributed by atoms with van der Waals surface area (Å²) in [6, 6.07) is 20.6. The Kier molecular flexibility index (Phi) is 10.5. The Balaban J connectivity index is 1.96. The third kappa shape index (κ3) is 7.89. The fourth-order valence-electron chi connectivity index (χ4n) is 3.63. The molecule has 0 aliphatic carbocycles. The number of carbonyl (C=O) groups excluding carboxylic acids is 2. The number of hydrogen-bond donors (Lipinski definition) is 1. The molecular formula is C28H29Cl3N2O3. The molecule has 0 heterocycles. The van der Waals surface area contributed by atoms with Crippen LogP contribution in [0.4, 0.5) is 0 Å². The first-order valence-corrected chi connectivity index (χ1v) is 12.9. The second kappa shape index (κ2) is 13.5. The molecule has 3 rings (SSSR count). The van der Waals surface area contributed by atoms with Gasteiger partial charge in [0.15, 0.2) is 6.61 Å². The maximum atomic E-state index is 13.6. The Hall–Kier alpha value is -2.73. The van der Waals surface area contributed by atoms with Gasteiger partial charge in [-0.1, -0.05) is 84.2 Å². The highest BCUT2D eigenvalue weighted by Gasteiger charge is 2.32. The minimum Gasteiger partial charge on any atom is -0.484 e. The average Bonchev–Trinajstić information content (AvgIpc) is 2.86. The van der Waals surface area contributed by atoms with Crippen molar-refractivity contribution in [3.63, 3.8) is 0 Å². The fraction of sp³-hybridized carbons (Fsp3) is 0.286. The van der Waals surface area contributed by atoms with E-state index in [1.807, 2.05) is 44.2 Å². The second-order valence-corrected chi connectivity index (χ2v) is 9.74. The van der Waals surface area contributed by atoms with Crippen molar-refractivity contribution in [3.05, 3.63) is 99.0 Å². The number of hydrogen-bond acceptors (Lipinski definition) is 3. The lowest BCUT2D eigenvalue weighted by atomic mass is 10.0. The molecule has 8 heteroatoms. The maximum Gasteiger partial charge on any atom is 0.261 e. The van der Waals surface area contributed by atoms with Crippen LogP contribution in [0.25, 0.3) is 0 Å². The number of rotatable bonds is 11. The SMILES string of the molecule is CC[C@@H](C)NC(=O)[C@@H](Cc1ccccc1)N(Cc1c(Cl)cccc1Cl)C(=O)COc1cccc(Cl)c1. The minimum atomic E-state index is -0.816. The Morgan fingerprint density at radius 3 is 2.25 bits per heavy atom. The van der Waals surface area contributed by atoms with Crippen LogP contribution in [-0.4, -0.2) is 35.4 Å². The summed E-state index contributed by atoms with van der Waals surface area (Å²) in [5.74, 6) is -0.186. The number of benzene rings is 3. The molecule has 0 saturated heterocycles. The standard InChI is InChI=1S/C28H29Cl3N2O3/c1-3-19(2)32-28(35)26(15-20-9-5-4-6-10-20)33(17-23-24(30)13-8-14-25(23)31)27(34)18-36-22-12-7-11-21(29)16-22/h4-14,16,19,26H,3,15,17-18H2,1-2H3,(H,32,35)/t19-,26-/m1/s1. The van der Waals surface area contributed by atoms with E-state index in [-0.39, 0.29) is 31.0 Å². The van der Waals surface area contributed by atoms with E-state index in [1.165, 1.54) is 4.90 Å². The van der Waals surface area contributed by atoms with Crippen molar-refractivity contribution < 1.29 is 14.3 Å². The second-order valence-electron chi connectivity index (χ2n) is 8.49. The van der Waals surface area contributed by atoms with E-state index >= 15 is 0 Å². The highest BCUT2D eigenvalue weighted by Crippen LogP contribution is 2.27. The molecule has 0 fully saturated rings. The molecule has 0 bridgehead atoms. The topological polar surface area (TPSA) is 58.6 Å². The molecule has 2 atom stereocenters. The Labute approximate surface area is 227 Å². The quantitative estimate of drug-likeness (QED) is 0.295. The highest BCUT2D eigenvalue weighted by molar-refractivity contribution is 6.36. The monoisotopic (exact) mass is 546 g/mol. The smallest absolute Gasteiger partial charge is 0.261 e. The summed E-state index contributed by atoms with van der Waals surface area (Å²) in [6.45, 7) is 3.67. The largest absolute Gasteiger partial charge is 0.484 e. The van der Waals surface area contributed by atoms with Gasteiger partial charge >= 0.3 is 0 Å². The molecule has 0 spiro atoms. The van der Waals surface area contributed by atoms with Crippen molar-refractivity contribution in [2.75, 3.05) is 6.61 Å². The van der Waals surface area contributed by atoms with Crippen molar-refractivity contribution in [3.8, 4) is 5.75 Å². The van der Waals surface area contributed by atoms with Gasteiger partial charge in [-0.25, -0.2) is 0 Å². The van der Waals surface area contributed by atoms with Gasteiger partial charge in [0.25, 0.3) is 5.91 Å². The van der Waals surface area contributed by atoms with E-state index in [9.17, 15) is 9.59 Å². The number of halogens is 3. The molecule has 3 aromatic rings. The van der Waals surface area contributed by atoms with Gasteiger partial charge in [0.1, 0.15) is 11.8 Å². The van der Waals surface area contributed by atoms with Crippen LogP contribution in [0, 0.1) is 0 Å². The molecule has 0 unspecified atom stereocenters. The molecule has 190 valence electrons. The lowest BCUT2D eigenvalue weighted by molar-refractivity contribution is -0.143. The van der Waals surface area contributed by atoms with Crippen LogP contribution in [0.2, 0.25) is 15.1 Å². The maximum absolute atomic E-state index is 13.6. The fourth-order valence-corrected chi connectivity index (χ4v) is 4.33. The van der Waals surface area contributed by atoms with Crippen LogP contribution in [-0.2, 0) is 22.6 Å². The molecule has 36 heavy (non-hydrogen) atoms. The molecule has 3 aromatic carbocycles. The first-order valence-electron chi connectivity index (χ1n) is 11.7. The molecule has 5 nitrogen and oxygen atoms in total. The van der Waals surface area contributed by atoms with Crippen LogP contribution < -0.4 is 10.1 Å². The van der Waals surface area contributed by atoms with Crippen molar-refractivity contribution in [2.24, 2.45) is 0 Å². The molecule has 0 aromatic heterocycles. The predicted octanol–water partition coefficient (Wildman–Crippen LogP) is 6.58. The van der Waals surface area contributed by atoms with Crippen LogP contribution >= 0.6 is 34.8 Å². The van der Waals surface area contributed by atoms with E-state index in [2.05, 4.69) is 5.32 Å². The third-order valence-electron chi connectivity index (χ3n) is 5.82. The summed E-state index contributed by atoms with van der Waals surface area (Å²) in [5, 5.41) is 4.35. The van der Waals surface area contributed by atoms with Crippen molar-refractivity contribution in [2.45, 2.75) is 45.3 Å². The van der Waals surface area contributed by atoms with Crippen LogP contribution in [0.1, 0.15) is 31.4 Å². The zero-order chi connectivity index (χ0) is 26.1. The number of ether oxygens (including phenoxy) is 1. The first-order chi connectivity index (χ1) is 17.3. The third-order valence-corrected chi connectivity index (χ3v) is 6.76. The van der Waals surface area contributed by atoms with Crippen LogP contribution in [0.3, 0.4) is 0 Å². The van der Waals surface area contributed by atoms with Gasteiger partial charge in [0, 0.05) is 39.6 Å². The zero-order valence-corrected chi connectivity index (χ0v) is 22.5. The number of carbonyl (C=O) groups is 2. The minimum absolute atomic E-state index is 0.0433. The van der Waals surface area contributed by atoms with Crippen molar-refractivity contribution >= 4 is 46.6 Å². The van der Waals surface area contributed by atoms with Gasteiger partial charge in [0.2, 0.25) is 5.91 Å². The summed E-state index contributed by atoms with van der Waals surface area (Å²) >= 11 is 19.0. The van der Waals surface area contributed by atoms with E-state index in [4.69, 9.17) is 39.5 Å². The molecule has 1 N–H and O–H groups in total. The summed E-state index contributed by atoms with van der Waals surface area (Å²) in [5.41, 5.74) is 1.48. The Morgan fingerprint density at radius 2 is 1.61 bits per heavy atom. The number of nitrogens with zero attached hydrogens (tertiary/aromatic N) is 1. The molecule has 2 amide bonds. The number of amides is 2. The van der Waals surface area contributed by atoms with Gasteiger partial charge in [0.05, 0.1) is 0 Å². The van der Waals surface area contributed by atoms with Crippen molar-refractivity contribution in [1.82, 2.24) is 10.2 Å². The predicted molar refractivity (Wildman–Crippen MR) is 146 cm³/mol. The zero-order valence-electron chi connectivity index (χ0n) is 20.2. The normalized spacial score (nSPS) is 12.5. The Morgan fingerprint density at radius 1 is 0.944 bits per heavy atom. The van der Waals surface area contributed by atoms with E-state index in [0.717, 1.165) is 12.0 Å². The molecule has 0 saturated carbocycles. The van der Waals surface area contributed by atoms with E-state index in [0.29, 0.717) is 32.8 Å². The van der Waals surface area contributed by atoms with Crippen LogP contribution in [0.15, 0.2) is 72.8 Å². The van der Waals surface area contributed by atoms with Gasteiger partial charge < -0.3 is 15.0 Å². The molecule has 0 aliphatic heterocycles. The molecule has 0 aliphatic rings. The summed E-state index contributed by atoms with van der Waals surface area (Å²) in [6.07, 6.45) is 1.07. The van der Waals surface area contributed by atoms with E-state index < -0.39 is 6.04 Å². The van der Waals surface area contributed by atoms with Gasteiger partial charge in [-0.3, -0.25) is 9.59 Å².